The van der Waals surface area contributed by atoms with Gasteiger partial charge < -0.3 is 5.11 Å². The maximum atomic E-state index is 12.6. The molecule has 12 heavy (non-hydrogen) atoms. The Balaban J connectivity index is 2.58. The number of halogens is 2. The van der Waals surface area contributed by atoms with Crippen molar-refractivity contribution in [3.8, 4) is 0 Å². The van der Waals surface area contributed by atoms with Crippen LogP contribution in [0.4, 0.5) is 4.39 Å². The summed E-state index contributed by atoms with van der Waals surface area (Å²) in [5, 5.41) is 8.77. The molecule has 0 fully saturated rings. The molecule has 1 N–H and O–H groups in total. The van der Waals surface area contributed by atoms with Crippen LogP contribution in [0.1, 0.15) is 5.01 Å². The molecule has 0 aliphatic carbocycles. The van der Waals surface area contributed by atoms with E-state index in [0.717, 1.165) is 2.88 Å². The quantitative estimate of drug-likeness (QED) is 0.865. The van der Waals surface area contributed by atoms with Crippen molar-refractivity contribution >= 4 is 39.9 Å². The zero-order valence-corrected chi connectivity index (χ0v) is 8.80. The van der Waals surface area contributed by atoms with Crippen molar-refractivity contribution in [2.75, 3.05) is 0 Å². The first kappa shape index (κ1) is 9.85. The molecule has 1 heterocycles. The Morgan fingerprint density at radius 1 is 1.92 bits per heavy atom. The fourth-order valence-electron chi connectivity index (χ4n) is 0.623. The minimum absolute atomic E-state index is 0.136. The van der Waals surface area contributed by atoms with Crippen molar-refractivity contribution in [3.05, 3.63) is 14.1 Å². The second-order valence-electron chi connectivity index (χ2n) is 2.07. The lowest BCUT2D eigenvalue weighted by molar-refractivity contribution is -0.142. The molecule has 1 unspecified atom stereocenters. The molecule has 0 aromatic carbocycles. The highest BCUT2D eigenvalue weighted by Crippen LogP contribution is 2.17. The van der Waals surface area contributed by atoms with E-state index in [1.165, 1.54) is 11.3 Å². The highest BCUT2D eigenvalue weighted by Gasteiger charge is 2.17. The first-order valence-electron chi connectivity index (χ1n) is 3.06. The largest absolute Gasteiger partial charge is 0.479 e. The Labute approximate surface area is 85.8 Å². The second-order valence-corrected chi connectivity index (χ2v) is 5.08. The lowest BCUT2D eigenvalue weighted by atomic mass is 10.3. The van der Waals surface area contributed by atoms with Gasteiger partial charge in [-0.1, -0.05) is 0 Å². The molecule has 0 spiro atoms. The molecule has 66 valence electrons. The molecule has 0 saturated heterocycles. The van der Waals surface area contributed by atoms with Crippen molar-refractivity contribution in [1.82, 2.24) is 4.98 Å². The molecule has 1 atom stereocenters. The molecule has 0 aliphatic rings. The molecule has 0 radical (unpaired) electrons. The van der Waals surface area contributed by atoms with Gasteiger partial charge >= 0.3 is 5.97 Å². The van der Waals surface area contributed by atoms with Crippen LogP contribution in [0.5, 0.6) is 0 Å². The Morgan fingerprint density at radius 3 is 3.00 bits per heavy atom. The lowest BCUT2D eigenvalue weighted by Crippen LogP contribution is -2.16. The van der Waals surface area contributed by atoms with Gasteiger partial charge in [0.15, 0.2) is 0 Å². The molecule has 0 amide bonds. The highest BCUT2D eigenvalue weighted by molar-refractivity contribution is 14.1. The fourth-order valence-corrected chi connectivity index (χ4v) is 2.19. The van der Waals surface area contributed by atoms with Gasteiger partial charge in [-0.25, -0.2) is 14.2 Å². The minimum atomic E-state index is -1.84. The molecule has 0 aliphatic heterocycles. The summed E-state index contributed by atoms with van der Waals surface area (Å²) in [5.41, 5.74) is 0. The van der Waals surface area contributed by atoms with Crippen LogP contribution >= 0.6 is 33.9 Å². The summed E-state index contributed by atoms with van der Waals surface area (Å²) < 4.78 is 13.5. The van der Waals surface area contributed by atoms with E-state index in [1.54, 1.807) is 6.20 Å². The number of alkyl halides is 1. The molecule has 1 rings (SSSR count). The van der Waals surface area contributed by atoms with Crippen molar-refractivity contribution < 1.29 is 14.3 Å². The number of aromatic nitrogens is 1. The van der Waals surface area contributed by atoms with E-state index >= 15 is 0 Å². The number of nitrogens with zero attached hydrogens (tertiary/aromatic N) is 1. The van der Waals surface area contributed by atoms with Crippen LogP contribution in [-0.4, -0.2) is 22.2 Å². The van der Waals surface area contributed by atoms with Crippen molar-refractivity contribution in [2.45, 2.75) is 12.6 Å². The van der Waals surface area contributed by atoms with Crippen LogP contribution in [0.25, 0.3) is 0 Å². The Kier molecular flexibility index (Phi) is 3.39. The first-order chi connectivity index (χ1) is 5.59. The summed E-state index contributed by atoms with van der Waals surface area (Å²) in [4.78, 5) is 14.0. The number of carboxylic acid groups (broad SMARTS) is 1. The lowest BCUT2D eigenvalue weighted by Gasteiger charge is -1.97. The van der Waals surface area contributed by atoms with E-state index < -0.39 is 12.1 Å². The summed E-state index contributed by atoms with van der Waals surface area (Å²) in [7, 11) is 0. The normalized spacial score (nSPS) is 12.8. The van der Waals surface area contributed by atoms with Gasteiger partial charge in [0.25, 0.3) is 0 Å². The third kappa shape index (κ3) is 2.67. The third-order valence-corrected chi connectivity index (χ3v) is 2.89. The van der Waals surface area contributed by atoms with Gasteiger partial charge in [-0.15, -0.1) is 11.3 Å². The van der Waals surface area contributed by atoms with Gasteiger partial charge in [-0.05, 0) is 22.6 Å². The van der Waals surface area contributed by atoms with Crippen molar-refractivity contribution in [2.24, 2.45) is 0 Å². The fraction of sp³-hybridized carbons (Fsp3) is 0.333. The molecule has 6 heteroatoms. The number of carbonyl (C=O) groups is 1. The predicted molar refractivity (Wildman–Crippen MR) is 51.1 cm³/mol. The van der Waals surface area contributed by atoms with E-state index in [-0.39, 0.29) is 6.42 Å². The molecule has 1 aromatic heterocycles. The van der Waals surface area contributed by atoms with Gasteiger partial charge in [-0.3, -0.25) is 0 Å². The van der Waals surface area contributed by atoms with Crippen LogP contribution in [-0.2, 0) is 11.2 Å². The maximum absolute atomic E-state index is 12.6. The van der Waals surface area contributed by atoms with Gasteiger partial charge in [-0.2, -0.15) is 0 Å². The van der Waals surface area contributed by atoms with Gasteiger partial charge in [0.1, 0.15) is 0 Å². The van der Waals surface area contributed by atoms with E-state index in [0.29, 0.717) is 5.01 Å². The average molecular weight is 301 g/mol. The van der Waals surface area contributed by atoms with Crippen LogP contribution in [0.3, 0.4) is 0 Å². The van der Waals surface area contributed by atoms with E-state index in [9.17, 15) is 9.18 Å². The summed E-state index contributed by atoms with van der Waals surface area (Å²) in [6, 6.07) is 0. The zero-order chi connectivity index (χ0) is 9.14. The Hall–Kier alpha value is -0.240. The number of hydrogen-bond donors (Lipinski definition) is 1. The molecule has 0 saturated carbocycles. The van der Waals surface area contributed by atoms with Gasteiger partial charge in [0.2, 0.25) is 6.17 Å². The maximum Gasteiger partial charge on any atom is 0.338 e. The SMILES string of the molecule is O=C(O)C(F)Cc1ncc(I)s1. The van der Waals surface area contributed by atoms with Crippen LogP contribution < -0.4 is 0 Å². The smallest absolute Gasteiger partial charge is 0.338 e. The number of hydrogen-bond acceptors (Lipinski definition) is 3. The van der Waals surface area contributed by atoms with E-state index in [4.69, 9.17) is 5.11 Å². The second kappa shape index (κ2) is 4.13. The molecular formula is C6H5FINO2S. The topological polar surface area (TPSA) is 50.2 Å². The van der Waals surface area contributed by atoms with Crippen LogP contribution in [0, 0.1) is 2.88 Å². The number of thiazole rings is 1. The predicted octanol–water partition coefficient (Wildman–Crippen LogP) is 1.71. The number of rotatable bonds is 3. The summed E-state index contributed by atoms with van der Waals surface area (Å²) in [6.07, 6.45) is -0.384. The molecule has 3 nitrogen and oxygen atoms in total. The highest BCUT2D eigenvalue weighted by atomic mass is 127. The van der Waals surface area contributed by atoms with Crippen molar-refractivity contribution in [3.63, 3.8) is 0 Å². The van der Waals surface area contributed by atoms with Crippen molar-refractivity contribution in [1.29, 1.82) is 0 Å². The third-order valence-electron chi connectivity index (χ3n) is 1.15. The van der Waals surface area contributed by atoms with Crippen LogP contribution in [0.15, 0.2) is 6.20 Å². The summed E-state index contributed by atoms with van der Waals surface area (Å²) in [5.74, 6) is -1.43. The Bertz CT molecular complexity index is 291. The summed E-state index contributed by atoms with van der Waals surface area (Å²) >= 11 is 3.36. The average Bonchev–Trinajstić information content (AvgIpc) is 2.35. The Morgan fingerprint density at radius 2 is 2.58 bits per heavy atom. The monoisotopic (exact) mass is 301 g/mol. The number of aliphatic carboxylic acids is 1. The zero-order valence-electron chi connectivity index (χ0n) is 5.83. The standard InChI is InChI=1S/C6H5FINO2S/c7-3(6(10)11)1-5-9-2-4(8)12-5/h2-3H,1H2,(H,10,11). The van der Waals surface area contributed by atoms with E-state index in [1.807, 2.05) is 0 Å². The van der Waals surface area contributed by atoms with Gasteiger partial charge in [0, 0.05) is 6.42 Å². The summed E-state index contributed by atoms with van der Waals surface area (Å²) in [6.45, 7) is 0. The number of carboxylic acids is 1. The molecule has 1 aromatic rings. The van der Waals surface area contributed by atoms with E-state index in [2.05, 4.69) is 27.6 Å². The minimum Gasteiger partial charge on any atom is -0.479 e. The first-order valence-corrected chi connectivity index (χ1v) is 4.96. The van der Waals surface area contributed by atoms with Gasteiger partial charge in [0.05, 0.1) is 14.1 Å². The van der Waals surface area contributed by atoms with Crippen LogP contribution in [0.2, 0.25) is 0 Å². The molecule has 0 bridgehead atoms. The molecular weight excluding hydrogens is 296 g/mol.